The molecule has 150 valence electrons. The highest BCUT2D eigenvalue weighted by molar-refractivity contribution is 5.95. The van der Waals surface area contributed by atoms with Gasteiger partial charge >= 0.3 is 12.0 Å². The van der Waals surface area contributed by atoms with Gasteiger partial charge in [-0.2, -0.15) is 0 Å². The molecule has 0 aliphatic carbocycles. The number of aliphatic hydroxyl groups excluding tert-OH is 1. The first-order chi connectivity index (χ1) is 13.4. The van der Waals surface area contributed by atoms with Crippen LogP contribution in [0.2, 0.25) is 0 Å². The summed E-state index contributed by atoms with van der Waals surface area (Å²) in [4.78, 5) is 25.8. The molecule has 0 spiro atoms. The van der Waals surface area contributed by atoms with Crippen LogP contribution in [0.5, 0.6) is 11.5 Å². The lowest BCUT2D eigenvalue weighted by Gasteiger charge is -2.25. The number of esters is 1. The van der Waals surface area contributed by atoms with Crippen molar-refractivity contribution in [1.29, 1.82) is 0 Å². The lowest BCUT2D eigenvalue weighted by Crippen LogP contribution is -2.38. The summed E-state index contributed by atoms with van der Waals surface area (Å²) in [5.74, 6) is -0.121. The quantitative estimate of drug-likeness (QED) is 0.630. The first kappa shape index (κ1) is 21.0. The molecule has 0 radical (unpaired) electrons. The molecular weight excluding hydrogens is 364 g/mol. The zero-order valence-electron chi connectivity index (χ0n) is 16.0. The Kier molecular flexibility index (Phi) is 7.22. The first-order valence-electron chi connectivity index (χ1n) is 8.68. The fourth-order valence-electron chi connectivity index (χ4n) is 2.65. The summed E-state index contributed by atoms with van der Waals surface area (Å²) in [6, 6.07) is 10.3. The maximum atomic E-state index is 12.7. The normalized spacial score (nSPS) is 11.4. The monoisotopic (exact) mass is 388 g/mol. The van der Waals surface area contributed by atoms with Crippen molar-refractivity contribution in [3.8, 4) is 11.5 Å². The molecule has 0 bridgehead atoms. The lowest BCUT2D eigenvalue weighted by atomic mass is 10.1. The second-order valence-electron chi connectivity index (χ2n) is 5.99. The average molecular weight is 388 g/mol. The van der Waals surface area contributed by atoms with Crippen LogP contribution in [0.25, 0.3) is 0 Å². The number of ether oxygens (including phenoxy) is 2. The van der Waals surface area contributed by atoms with E-state index in [1.54, 1.807) is 25.1 Å². The maximum absolute atomic E-state index is 12.7. The minimum atomic E-state index is -0.971. The van der Waals surface area contributed by atoms with Gasteiger partial charge in [-0.1, -0.05) is 12.1 Å². The summed E-state index contributed by atoms with van der Waals surface area (Å²) in [7, 11) is 2.72. The Labute approximate surface area is 163 Å². The number of benzene rings is 2. The van der Waals surface area contributed by atoms with Gasteiger partial charge in [0, 0.05) is 6.54 Å². The van der Waals surface area contributed by atoms with E-state index in [-0.39, 0.29) is 17.9 Å². The van der Waals surface area contributed by atoms with Crippen molar-refractivity contribution in [2.45, 2.75) is 13.0 Å². The van der Waals surface area contributed by atoms with Crippen LogP contribution >= 0.6 is 0 Å². The van der Waals surface area contributed by atoms with Crippen LogP contribution in [0.15, 0.2) is 42.5 Å². The number of nitrogens with one attached hydrogen (secondary N) is 1. The Morgan fingerprint density at radius 1 is 1.18 bits per heavy atom. The number of nitrogens with zero attached hydrogens (tertiary/aromatic N) is 1. The van der Waals surface area contributed by atoms with E-state index >= 15 is 0 Å². The second-order valence-corrected chi connectivity index (χ2v) is 5.99. The number of carbonyl (C=O) groups excluding carboxylic acids is 2. The van der Waals surface area contributed by atoms with Gasteiger partial charge in [0.1, 0.15) is 11.5 Å². The summed E-state index contributed by atoms with van der Waals surface area (Å²) in [5.41, 5.74) is 1.07. The lowest BCUT2D eigenvalue weighted by molar-refractivity contribution is 0.0600. The van der Waals surface area contributed by atoms with Crippen molar-refractivity contribution < 1.29 is 29.3 Å². The van der Waals surface area contributed by atoms with Gasteiger partial charge in [-0.15, -0.1) is 0 Å². The fourth-order valence-corrected chi connectivity index (χ4v) is 2.65. The molecule has 8 nitrogen and oxygen atoms in total. The predicted octanol–water partition coefficient (Wildman–Crippen LogP) is 2.77. The third-order valence-corrected chi connectivity index (χ3v) is 4.18. The van der Waals surface area contributed by atoms with E-state index in [1.165, 1.54) is 43.4 Å². The molecule has 0 unspecified atom stereocenters. The summed E-state index contributed by atoms with van der Waals surface area (Å²) in [5, 5.41) is 22.6. The van der Waals surface area contributed by atoms with E-state index in [1.807, 2.05) is 0 Å². The Hall–Kier alpha value is -3.26. The number of hydrogen-bond acceptors (Lipinski definition) is 6. The number of anilines is 1. The second kappa shape index (κ2) is 9.61. The van der Waals surface area contributed by atoms with Gasteiger partial charge in [-0.25, -0.2) is 9.59 Å². The highest BCUT2D eigenvalue weighted by Crippen LogP contribution is 2.26. The molecule has 0 saturated carbocycles. The number of phenolic OH excluding ortho intramolecular Hbond substituents is 1. The van der Waals surface area contributed by atoms with Crippen molar-refractivity contribution in [1.82, 2.24) is 4.90 Å². The number of aromatic hydroxyl groups is 1. The molecule has 28 heavy (non-hydrogen) atoms. The van der Waals surface area contributed by atoms with Crippen LogP contribution in [0, 0.1) is 0 Å². The standard InChI is InChI=1S/C20H24N2O6/c1-4-22(12-17(24)13-6-5-7-15(23)10-13)20(26)21-16-11-14(19(25)28-3)8-9-18(16)27-2/h5-11,17,23-24H,4,12H2,1-3H3,(H,21,26)/t17-/m0/s1. The van der Waals surface area contributed by atoms with Crippen molar-refractivity contribution in [2.24, 2.45) is 0 Å². The highest BCUT2D eigenvalue weighted by atomic mass is 16.5. The minimum Gasteiger partial charge on any atom is -0.508 e. The number of urea groups is 1. The number of methoxy groups -OCH3 is 2. The van der Waals surface area contributed by atoms with Crippen LogP contribution in [0.3, 0.4) is 0 Å². The largest absolute Gasteiger partial charge is 0.508 e. The zero-order chi connectivity index (χ0) is 20.7. The topological polar surface area (TPSA) is 108 Å². The van der Waals surface area contributed by atoms with Crippen molar-refractivity contribution in [3.05, 3.63) is 53.6 Å². The van der Waals surface area contributed by atoms with E-state index in [4.69, 9.17) is 9.47 Å². The molecular formula is C20H24N2O6. The van der Waals surface area contributed by atoms with Gasteiger partial charge < -0.3 is 29.9 Å². The summed E-state index contributed by atoms with van der Waals surface area (Å²) >= 11 is 0. The number of amides is 2. The Bertz CT molecular complexity index is 839. The average Bonchev–Trinajstić information content (AvgIpc) is 2.70. The molecule has 0 aliphatic rings. The number of aliphatic hydroxyl groups is 1. The maximum Gasteiger partial charge on any atom is 0.337 e. The molecule has 0 fully saturated rings. The van der Waals surface area contributed by atoms with Gasteiger partial charge in [0.15, 0.2) is 0 Å². The van der Waals surface area contributed by atoms with Gasteiger partial charge in [0.05, 0.1) is 38.1 Å². The molecule has 8 heteroatoms. The molecule has 0 saturated heterocycles. The first-order valence-corrected chi connectivity index (χ1v) is 8.68. The van der Waals surface area contributed by atoms with Gasteiger partial charge in [0.2, 0.25) is 0 Å². The molecule has 0 heterocycles. The number of rotatable bonds is 7. The Morgan fingerprint density at radius 2 is 1.93 bits per heavy atom. The van der Waals surface area contributed by atoms with Crippen LogP contribution in [-0.4, -0.2) is 54.4 Å². The molecule has 3 N–H and O–H groups in total. The van der Waals surface area contributed by atoms with Crippen LogP contribution in [0.1, 0.15) is 28.9 Å². The summed E-state index contributed by atoms with van der Waals surface area (Å²) in [6.07, 6.45) is -0.971. The molecule has 1 atom stereocenters. The molecule has 2 rings (SSSR count). The highest BCUT2D eigenvalue weighted by Gasteiger charge is 2.20. The number of carbonyl (C=O) groups is 2. The molecule has 2 aromatic rings. The van der Waals surface area contributed by atoms with E-state index in [0.29, 0.717) is 23.5 Å². The predicted molar refractivity (Wildman–Crippen MR) is 104 cm³/mol. The SMILES string of the molecule is CCN(C[C@H](O)c1cccc(O)c1)C(=O)Nc1cc(C(=O)OC)ccc1OC. The summed E-state index contributed by atoms with van der Waals surface area (Å²) in [6.45, 7) is 2.13. The van der Waals surface area contributed by atoms with Crippen LogP contribution < -0.4 is 10.1 Å². The number of phenols is 1. The van der Waals surface area contributed by atoms with Gasteiger partial charge in [-0.05, 0) is 42.8 Å². The van der Waals surface area contributed by atoms with E-state index in [9.17, 15) is 19.8 Å². The molecule has 0 aliphatic heterocycles. The zero-order valence-corrected chi connectivity index (χ0v) is 16.0. The van der Waals surface area contributed by atoms with Crippen molar-refractivity contribution in [2.75, 3.05) is 32.6 Å². The van der Waals surface area contributed by atoms with E-state index in [0.717, 1.165) is 0 Å². The third-order valence-electron chi connectivity index (χ3n) is 4.18. The number of likely N-dealkylation sites (N-methyl/N-ethyl adjacent to an activating group) is 1. The molecule has 0 aromatic heterocycles. The van der Waals surface area contributed by atoms with E-state index < -0.39 is 18.1 Å². The van der Waals surface area contributed by atoms with Gasteiger partial charge in [0.25, 0.3) is 0 Å². The van der Waals surface area contributed by atoms with Crippen molar-refractivity contribution >= 4 is 17.7 Å². The van der Waals surface area contributed by atoms with Crippen molar-refractivity contribution in [3.63, 3.8) is 0 Å². The smallest absolute Gasteiger partial charge is 0.337 e. The molecule has 2 aromatic carbocycles. The van der Waals surface area contributed by atoms with E-state index in [2.05, 4.69) is 5.32 Å². The third kappa shape index (κ3) is 5.14. The molecule has 2 amide bonds. The minimum absolute atomic E-state index is 0.0186. The van der Waals surface area contributed by atoms with Crippen LogP contribution in [-0.2, 0) is 4.74 Å². The van der Waals surface area contributed by atoms with Crippen LogP contribution in [0.4, 0.5) is 10.5 Å². The Balaban J connectivity index is 2.16. The Morgan fingerprint density at radius 3 is 2.54 bits per heavy atom. The number of hydrogen-bond donors (Lipinski definition) is 3. The van der Waals surface area contributed by atoms with Gasteiger partial charge in [-0.3, -0.25) is 0 Å². The fraction of sp³-hybridized carbons (Fsp3) is 0.300. The summed E-state index contributed by atoms with van der Waals surface area (Å²) < 4.78 is 9.92.